The number of fused-ring (bicyclic) bond motifs is 1. The molecule has 0 aliphatic carbocycles. The summed E-state index contributed by atoms with van der Waals surface area (Å²) in [5, 5.41) is 24.6. The molecule has 1 saturated heterocycles. The van der Waals surface area contributed by atoms with Gasteiger partial charge in [-0.3, -0.25) is 4.90 Å². The minimum Gasteiger partial charge on any atom is -0.491 e. The topological polar surface area (TPSA) is 85.8 Å². The lowest BCUT2D eigenvalue weighted by molar-refractivity contribution is 0.0663. The molecule has 0 spiro atoms. The second-order valence-corrected chi connectivity index (χ2v) is 8.58. The maximum atomic E-state index is 13.4. The molecule has 35 heavy (non-hydrogen) atoms. The van der Waals surface area contributed by atoms with Gasteiger partial charge in [0.1, 0.15) is 36.0 Å². The maximum Gasteiger partial charge on any atom is 0.170 e. The van der Waals surface area contributed by atoms with Crippen molar-refractivity contribution in [1.29, 1.82) is 5.26 Å². The van der Waals surface area contributed by atoms with Crippen LogP contribution in [-0.2, 0) is 0 Å². The number of nitrogens with zero attached hydrogens (tertiary/aromatic N) is 4. The number of anilines is 1. The van der Waals surface area contributed by atoms with Crippen LogP contribution in [-0.4, -0.2) is 60.6 Å². The fourth-order valence-electron chi connectivity index (χ4n) is 4.39. The highest BCUT2D eigenvalue weighted by Gasteiger charge is 2.21. The van der Waals surface area contributed by atoms with E-state index in [-0.39, 0.29) is 12.4 Å². The predicted molar refractivity (Wildman–Crippen MR) is 131 cm³/mol. The van der Waals surface area contributed by atoms with Crippen molar-refractivity contribution in [2.24, 2.45) is 0 Å². The number of halogens is 1. The molecule has 178 valence electrons. The molecule has 0 radical (unpaired) electrons. The highest BCUT2D eigenvalue weighted by molar-refractivity contribution is 5.91. The average molecular weight is 473 g/mol. The highest BCUT2D eigenvalue weighted by atomic mass is 19.1. The lowest BCUT2D eigenvalue weighted by Crippen LogP contribution is -2.49. The van der Waals surface area contributed by atoms with Gasteiger partial charge in [0, 0.05) is 49.7 Å². The van der Waals surface area contributed by atoms with Crippen molar-refractivity contribution in [3.63, 3.8) is 0 Å². The zero-order chi connectivity index (χ0) is 24.2. The minimum absolute atomic E-state index is 0.184. The monoisotopic (exact) mass is 472 g/mol. The Morgan fingerprint density at radius 1 is 1.06 bits per heavy atom. The van der Waals surface area contributed by atoms with Gasteiger partial charge in [-0.1, -0.05) is 17.3 Å². The first-order valence-corrected chi connectivity index (χ1v) is 11.5. The third-order valence-electron chi connectivity index (χ3n) is 6.21. The summed E-state index contributed by atoms with van der Waals surface area (Å²) in [5.41, 5.74) is 3.53. The molecular weight excluding hydrogens is 447 g/mol. The summed E-state index contributed by atoms with van der Waals surface area (Å²) >= 11 is 0. The van der Waals surface area contributed by atoms with Crippen LogP contribution >= 0.6 is 0 Å². The summed E-state index contributed by atoms with van der Waals surface area (Å²) in [5.74, 6) is 0.276. The molecule has 1 fully saturated rings. The van der Waals surface area contributed by atoms with Crippen LogP contribution < -0.4 is 9.64 Å². The van der Waals surface area contributed by atoms with Gasteiger partial charge in [-0.05, 0) is 48.5 Å². The maximum absolute atomic E-state index is 13.4. The van der Waals surface area contributed by atoms with Gasteiger partial charge in [0.05, 0.1) is 11.3 Å². The Kier molecular flexibility index (Phi) is 6.62. The van der Waals surface area contributed by atoms with Gasteiger partial charge in [0.2, 0.25) is 0 Å². The molecule has 1 atom stereocenters. The number of hydrogen-bond donors (Lipinski definition) is 1. The average Bonchev–Trinajstić information content (AvgIpc) is 3.31. The Balaban J connectivity index is 1.11. The molecule has 0 bridgehead atoms. The number of nitriles is 1. The number of benzene rings is 3. The van der Waals surface area contributed by atoms with Crippen molar-refractivity contribution in [3.05, 3.63) is 78.1 Å². The molecule has 1 aliphatic rings. The van der Waals surface area contributed by atoms with Crippen LogP contribution in [0.3, 0.4) is 0 Å². The second-order valence-electron chi connectivity index (χ2n) is 8.58. The van der Waals surface area contributed by atoms with E-state index in [9.17, 15) is 14.8 Å². The van der Waals surface area contributed by atoms with E-state index in [2.05, 4.69) is 21.0 Å². The molecule has 0 saturated carbocycles. The summed E-state index contributed by atoms with van der Waals surface area (Å²) in [6, 6.07) is 21.6. The number of hydrogen-bond acceptors (Lipinski definition) is 7. The molecule has 7 nitrogen and oxygen atoms in total. The fourth-order valence-corrected chi connectivity index (χ4v) is 4.39. The van der Waals surface area contributed by atoms with Gasteiger partial charge >= 0.3 is 0 Å². The van der Waals surface area contributed by atoms with Crippen molar-refractivity contribution in [3.8, 4) is 23.1 Å². The predicted octanol–water partition coefficient (Wildman–Crippen LogP) is 4.07. The molecule has 1 aliphatic heterocycles. The van der Waals surface area contributed by atoms with Crippen molar-refractivity contribution in [2.75, 3.05) is 44.2 Å². The van der Waals surface area contributed by atoms with Crippen molar-refractivity contribution in [1.82, 2.24) is 10.1 Å². The smallest absolute Gasteiger partial charge is 0.170 e. The third kappa shape index (κ3) is 5.11. The number of para-hydroxylation sites is 1. The van der Waals surface area contributed by atoms with Crippen molar-refractivity contribution >= 4 is 16.7 Å². The lowest BCUT2D eigenvalue weighted by atomic mass is 10.1. The van der Waals surface area contributed by atoms with Crippen LogP contribution in [0.1, 0.15) is 5.56 Å². The molecule has 0 amide bonds. The number of ether oxygens (including phenoxy) is 1. The van der Waals surface area contributed by atoms with Crippen LogP contribution in [0.5, 0.6) is 5.75 Å². The molecule has 8 heteroatoms. The number of piperazine rings is 1. The summed E-state index contributed by atoms with van der Waals surface area (Å²) in [4.78, 5) is 4.43. The first-order chi connectivity index (χ1) is 17.1. The Morgan fingerprint density at radius 3 is 2.60 bits per heavy atom. The van der Waals surface area contributed by atoms with Crippen LogP contribution in [0.2, 0.25) is 0 Å². The quantitative estimate of drug-likeness (QED) is 0.434. The number of aromatic nitrogens is 1. The first-order valence-electron chi connectivity index (χ1n) is 11.5. The normalized spacial score (nSPS) is 15.2. The van der Waals surface area contributed by atoms with Crippen molar-refractivity contribution < 1.29 is 18.8 Å². The van der Waals surface area contributed by atoms with E-state index in [1.807, 2.05) is 48.5 Å². The Morgan fingerprint density at radius 2 is 1.83 bits per heavy atom. The first kappa shape index (κ1) is 22.8. The largest absolute Gasteiger partial charge is 0.491 e. The van der Waals surface area contributed by atoms with E-state index in [0.29, 0.717) is 29.1 Å². The molecule has 3 aromatic carbocycles. The Hall–Kier alpha value is -3.93. The van der Waals surface area contributed by atoms with Crippen LogP contribution in [0.4, 0.5) is 10.1 Å². The summed E-state index contributed by atoms with van der Waals surface area (Å²) in [6.45, 7) is 3.92. The molecule has 5 rings (SSSR count). The second kappa shape index (κ2) is 10.1. The molecule has 1 unspecified atom stereocenters. The number of rotatable bonds is 7. The molecule has 4 aromatic rings. The van der Waals surface area contributed by atoms with Crippen LogP contribution in [0.15, 0.2) is 71.3 Å². The van der Waals surface area contributed by atoms with Gasteiger partial charge in [-0.25, -0.2) is 4.39 Å². The number of aliphatic hydroxyl groups excluding tert-OH is 1. The molecular formula is C27H25FN4O3. The number of β-amino-alcohol motifs (C(OH)–C–C–N with tert-alkyl or cyclic N) is 1. The Bertz CT molecular complexity index is 1340. The fraction of sp³-hybridized carbons (Fsp3) is 0.259. The van der Waals surface area contributed by atoms with Gasteiger partial charge in [0.25, 0.3) is 0 Å². The van der Waals surface area contributed by atoms with E-state index >= 15 is 0 Å². The van der Waals surface area contributed by atoms with E-state index in [1.165, 1.54) is 12.1 Å². The van der Waals surface area contributed by atoms with Crippen molar-refractivity contribution in [2.45, 2.75) is 6.10 Å². The minimum atomic E-state index is -0.623. The van der Waals surface area contributed by atoms with Gasteiger partial charge < -0.3 is 19.3 Å². The molecule has 2 heterocycles. The molecule has 1 aromatic heterocycles. The zero-order valence-electron chi connectivity index (χ0n) is 19.1. The standard InChI is InChI=1S/C27H25FN4O3/c28-21-7-10-24-26(15-21)35-30-27(24)19-5-8-23(9-6-19)34-18-22(33)17-31-11-13-32(14-12-31)25-4-2-1-3-20(25)16-29/h1-10,15,22,33H,11-14,17-18H2. The lowest BCUT2D eigenvalue weighted by Gasteiger charge is -2.37. The third-order valence-corrected chi connectivity index (χ3v) is 6.21. The molecule has 1 N–H and O–H groups in total. The van der Waals surface area contributed by atoms with E-state index in [4.69, 9.17) is 9.26 Å². The SMILES string of the molecule is N#Cc1ccccc1N1CCN(CC(O)COc2ccc(-c3noc4cc(F)ccc34)cc2)CC1. The summed E-state index contributed by atoms with van der Waals surface area (Å²) in [6.07, 6.45) is -0.623. The van der Waals surface area contributed by atoms with Gasteiger partial charge in [-0.2, -0.15) is 5.26 Å². The van der Waals surface area contributed by atoms with E-state index < -0.39 is 6.10 Å². The summed E-state index contributed by atoms with van der Waals surface area (Å²) < 4.78 is 24.4. The van der Waals surface area contributed by atoms with E-state index in [0.717, 1.165) is 42.8 Å². The Labute approximate surface area is 202 Å². The van der Waals surface area contributed by atoms with Gasteiger partial charge in [0.15, 0.2) is 5.58 Å². The number of aliphatic hydroxyl groups is 1. The van der Waals surface area contributed by atoms with Crippen LogP contribution in [0, 0.1) is 17.1 Å². The van der Waals surface area contributed by atoms with Gasteiger partial charge in [-0.15, -0.1) is 0 Å². The highest BCUT2D eigenvalue weighted by Crippen LogP contribution is 2.29. The summed E-state index contributed by atoms with van der Waals surface area (Å²) in [7, 11) is 0. The zero-order valence-corrected chi connectivity index (χ0v) is 19.1. The van der Waals surface area contributed by atoms with Crippen LogP contribution in [0.25, 0.3) is 22.2 Å². The van der Waals surface area contributed by atoms with E-state index in [1.54, 1.807) is 6.07 Å².